The van der Waals surface area contributed by atoms with Gasteiger partial charge < -0.3 is 10.5 Å². The van der Waals surface area contributed by atoms with Gasteiger partial charge in [-0.1, -0.05) is 12.1 Å². The van der Waals surface area contributed by atoms with Crippen LogP contribution in [0.3, 0.4) is 0 Å². The largest absolute Gasteiger partial charge is 0.372 e. The Kier molecular flexibility index (Phi) is 3.03. The second-order valence-electron chi connectivity index (χ2n) is 4.11. The van der Waals surface area contributed by atoms with Gasteiger partial charge in [-0.25, -0.2) is 4.39 Å². The average molecular weight is 209 g/mol. The lowest BCUT2D eigenvalue weighted by Crippen LogP contribution is -2.34. The topological polar surface area (TPSA) is 35.2 Å². The maximum atomic E-state index is 13.4. The summed E-state index contributed by atoms with van der Waals surface area (Å²) in [5, 5.41) is 0. The molecule has 0 saturated carbocycles. The number of aryl methyl sites for hydroxylation is 1. The van der Waals surface area contributed by atoms with Gasteiger partial charge in [0.2, 0.25) is 0 Å². The molecular weight excluding hydrogens is 193 g/mol. The highest BCUT2D eigenvalue weighted by Gasteiger charge is 2.24. The van der Waals surface area contributed by atoms with E-state index in [4.69, 9.17) is 10.5 Å². The van der Waals surface area contributed by atoms with Gasteiger partial charge >= 0.3 is 0 Å². The number of nitrogens with two attached hydrogens (primary N) is 1. The minimum Gasteiger partial charge on any atom is -0.372 e. The summed E-state index contributed by atoms with van der Waals surface area (Å²) in [6, 6.07) is 5.19. The van der Waals surface area contributed by atoms with Crippen molar-refractivity contribution in [2.75, 3.05) is 6.61 Å². The van der Waals surface area contributed by atoms with Crippen molar-refractivity contribution in [1.29, 1.82) is 0 Å². The zero-order valence-corrected chi connectivity index (χ0v) is 8.87. The van der Waals surface area contributed by atoms with Crippen molar-refractivity contribution >= 4 is 0 Å². The van der Waals surface area contributed by atoms with Crippen LogP contribution in [0.5, 0.6) is 0 Å². The van der Waals surface area contributed by atoms with Crippen molar-refractivity contribution in [3.05, 3.63) is 35.1 Å². The summed E-state index contributed by atoms with van der Waals surface area (Å²) in [5.41, 5.74) is 7.46. The third-order valence-corrected chi connectivity index (χ3v) is 2.89. The van der Waals surface area contributed by atoms with Crippen molar-refractivity contribution in [3.63, 3.8) is 0 Å². The Morgan fingerprint density at radius 1 is 1.47 bits per heavy atom. The number of hydrogen-bond acceptors (Lipinski definition) is 2. The van der Waals surface area contributed by atoms with Gasteiger partial charge in [-0.3, -0.25) is 0 Å². The van der Waals surface area contributed by atoms with E-state index in [0.717, 1.165) is 18.4 Å². The Hall–Kier alpha value is -0.930. The lowest BCUT2D eigenvalue weighted by molar-refractivity contribution is -0.0000226. The molecule has 1 heterocycles. The first-order valence-corrected chi connectivity index (χ1v) is 5.31. The lowest BCUT2D eigenvalue weighted by atomic mass is 9.96. The number of halogens is 1. The van der Waals surface area contributed by atoms with Gasteiger partial charge in [-0.15, -0.1) is 0 Å². The van der Waals surface area contributed by atoms with E-state index in [9.17, 15) is 4.39 Å². The van der Waals surface area contributed by atoms with E-state index in [1.54, 1.807) is 13.0 Å². The number of ether oxygens (including phenoxy) is 1. The Bertz CT molecular complexity index is 353. The zero-order chi connectivity index (χ0) is 10.8. The quantitative estimate of drug-likeness (QED) is 0.770. The molecule has 1 fully saturated rings. The van der Waals surface area contributed by atoms with Crippen LogP contribution in [0.15, 0.2) is 18.2 Å². The fourth-order valence-electron chi connectivity index (χ4n) is 1.93. The molecule has 2 unspecified atom stereocenters. The molecule has 0 radical (unpaired) electrons. The van der Waals surface area contributed by atoms with Gasteiger partial charge in [-0.2, -0.15) is 0 Å². The molecule has 1 aromatic rings. The van der Waals surface area contributed by atoms with E-state index < -0.39 is 0 Å². The van der Waals surface area contributed by atoms with Crippen LogP contribution in [0.2, 0.25) is 0 Å². The van der Waals surface area contributed by atoms with Crippen LogP contribution in [-0.4, -0.2) is 12.6 Å². The molecule has 0 amide bonds. The first kappa shape index (κ1) is 10.6. The molecule has 2 rings (SSSR count). The normalized spacial score (nSPS) is 26.6. The fourth-order valence-corrected chi connectivity index (χ4v) is 1.93. The molecule has 0 aromatic heterocycles. The highest BCUT2D eigenvalue weighted by Crippen LogP contribution is 2.27. The molecule has 3 heteroatoms. The molecule has 82 valence electrons. The van der Waals surface area contributed by atoms with Crippen LogP contribution >= 0.6 is 0 Å². The number of rotatable bonds is 1. The maximum absolute atomic E-state index is 13.4. The van der Waals surface area contributed by atoms with E-state index in [1.165, 1.54) is 6.07 Å². The molecule has 2 N–H and O–H groups in total. The Morgan fingerprint density at radius 3 is 2.93 bits per heavy atom. The van der Waals surface area contributed by atoms with E-state index in [2.05, 4.69) is 0 Å². The van der Waals surface area contributed by atoms with Gasteiger partial charge in [0.15, 0.2) is 0 Å². The smallest absolute Gasteiger partial charge is 0.126 e. The molecule has 0 aliphatic carbocycles. The third kappa shape index (κ3) is 2.19. The first-order chi connectivity index (χ1) is 7.18. The van der Waals surface area contributed by atoms with Gasteiger partial charge in [-0.05, 0) is 37.0 Å². The van der Waals surface area contributed by atoms with Crippen LogP contribution in [0, 0.1) is 12.7 Å². The summed E-state index contributed by atoms with van der Waals surface area (Å²) in [4.78, 5) is 0. The lowest BCUT2D eigenvalue weighted by Gasteiger charge is -2.29. The van der Waals surface area contributed by atoms with Crippen LogP contribution in [0.1, 0.15) is 30.1 Å². The SMILES string of the molecule is Cc1ccc(C2OCCCC2N)cc1F. The fraction of sp³-hybridized carbons (Fsp3) is 0.500. The van der Waals surface area contributed by atoms with E-state index >= 15 is 0 Å². The predicted octanol–water partition coefficient (Wildman–Crippen LogP) is 2.31. The summed E-state index contributed by atoms with van der Waals surface area (Å²) in [6.07, 6.45) is 1.79. The van der Waals surface area contributed by atoms with Crippen LogP contribution in [0.4, 0.5) is 4.39 Å². The van der Waals surface area contributed by atoms with Gasteiger partial charge in [0.1, 0.15) is 5.82 Å². The Labute approximate surface area is 89.2 Å². The predicted molar refractivity (Wildman–Crippen MR) is 57.0 cm³/mol. The Morgan fingerprint density at radius 2 is 2.27 bits per heavy atom. The number of hydrogen-bond donors (Lipinski definition) is 1. The monoisotopic (exact) mass is 209 g/mol. The molecule has 2 atom stereocenters. The molecule has 1 aromatic carbocycles. The van der Waals surface area contributed by atoms with Crippen LogP contribution in [0.25, 0.3) is 0 Å². The average Bonchev–Trinajstić information content (AvgIpc) is 2.23. The highest BCUT2D eigenvalue weighted by atomic mass is 19.1. The molecule has 15 heavy (non-hydrogen) atoms. The third-order valence-electron chi connectivity index (χ3n) is 2.89. The number of benzene rings is 1. The van der Waals surface area contributed by atoms with Crippen LogP contribution in [-0.2, 0) is 4.74 Å². The van der Waals surface area contributed by atoms with Crippen LogP contribution < -0.4 is 5.73 Å². The minimum atomic E-state index is -0.186. The van der Waals surface area contributed by atoms with Crippen molar-refractivity contribution in [2.45, 2.75) is 31.9 Å². The molecule has 1 saturated heterocycles. The summed E-state index contributed by atoms with van der Waals surface area (Å²) >= 11 is 0. The molecular formula is C12H16FNO. The molecule has 1 aliphatic heterocycles. The first-order valence-electron chi connectivity index (χ1n) is 5.31. The summed E-state index contributed by atoms with van der Waals surface area (Å²) in [5.74, 6) is -0.186. The standard InChI is InChI=1S/C12H16FNO/c1-8-4-5-9(7-10(8)13)12-11(14)3-2-6-15-12/h4-5,7,11-12H,2-3,6,14H2,1H3. The van der Waals surface area contributed by atoms with E-state index in [0.29, 0.717) is 12.2 Å². The second kappa shape index (κ2) is 4.29. The second-order valence-corrected chi connectivity index (χ2v) is 4.11. The summed E-state index contributed by atoms with van der Waals surface area (Å²) in [6.45, 7) is 2.47. The zero-order valence-electron chi connectivity index (χ0n) is 8.87. The molecule has 0 bridgehead atoms. The summed E-state index contributed by atoms with van der Waals surface area (Å²) < 4.78 is 18.9. The van der Waals surface area contributed by atoms with Crippen molar-refractivity contribution in [1.82, 2.24) is 0 Å². The van der Waals surface area contributed by atoms with E-state index in [-0.39, 0.29) is 18.0 Å². The molecule has 1 aliphatic rings. The minimum absolute atomic E-state index is 0.0131. The van der Waals surface area contributed by atoms with Crippen molar-refractivity contribution in [2.24, 2.45) is 5.73 Å². The van der Waals surface area contributed by atoms with Gasteiger partial charge in [0, 0.05) is 12.6 Å². The van der Waals surface area contributed by atoms with Crippen molar-refractivity contribution in [3.8, 4) is 0 Å². The van der Waals surface area contributed by atoms with Gasteiger partial charge in [0.05, 0.1) is 6.10 Å². The molecule has 0 spiro atoms. The highest BCUT2D eigenvalue weighted by molar-refractivity contribution is 5.26. The maximum Gasteiger partial charge on any atom is 0.126 e. The van der Waals surface area contributed by atoms with Crippen molar-refractivity contribution < 1.29 is 9.13 Å². The summed E-state index contributed by atoms with van der Waals surface area (Å²) in [7, 11) is 0. The molecule has 2 nitrogen and oxygen atoms in total. The van der Waals surface area contributed by atoms with E-state index in [1.807, 2.05) is 6.07 Å². The Balaban J connectivity index is 2.24. The van der Waals surface area contributed by atoms with Gasteiger partial charge in [0.25, 0.3) is 0 Å².